The van der Waals surface area contributed by atoms with Gasteiger partial charge >= 0.3 is 0 Å². The molecule has 0 aliphatic carbocycles. The Morgan fingerprint density at radius 3 is 2.67 bits per heavy atom. The van der Waals surface area contributed by atoms with Gasteiger partial charge in [-0.2, -0.15) is 0 Å². The second-order valence-corrected chi connectivity index (χ2v) is 8.89. The van der Waals surface area contributed by atoms with Gasteiger partial charge in [-0.3, -0.25) is 4.79 Å². The molecule has 2 fully saturated rings. The van der Waals surface area contributed by atoms with E-state index in [9.17, 15) is 4.79 Å². The summed E-state index contributed by atoms with van der Waals surface area (Å²) in [5, 5.41) is 3.44. The highest BCUT2D eigenvalue weighted by Gasteiger charge is 2.25. The van der Waals surface area contributed by atoms with Gasteiger partial charge in [0.05, 0.1) is 19.7 Å². The summed E-state index contributed by atoms with van der Waals surface area (Å²) in [6.07, 6.45) is 3.46. The highest BCUT2D eigenvalue weighted by Crippen LogP contribution is 2.25. The van der Waals surface area contributed by atoms with Gasteiger partial charge in [-0.05, 0) is 61.9 Å². The maximum Gasteiger partial charge on any atom is 0.253 e. The normalized spacial score (nSPS) is 19.5. The molecule has 1 N–H and O–H groups in total. The predicted octanol–water partition coefficient (Wildman–Crippen LogP) is 4.16. The van der Waals surface area contributed by atoms with E-state index in [0.717, 1.165) is 62.7 Å². The highest BCUT2D eigenvalue weighted by atomic mass is 16.5. The predicted molar refractivity (Wildman–Crippen MR) is 132 cm³/mol. The standard InChI is InChI=1S/C27H36N4O2/c1-3-28-27(31-16-17-33-25(20-31)24-13-6-5-10-21(24)2)29-19-22-11-9-12-23(18-22)26(32)30-14-7-4-8-15-30/h5-6,9-13,18,25H,3-4,7-8,14-17,19-20H2,1-2H3,(H,28,29). The number of amides is 1. The van der Waals surface area contributed by atoms with Crippen molar-refractivity contribution in [2.75, 3.05) is 39.3 Å². The van der Waals surface area contributed by atoms with Crippen LogP contribution in [0.15, 0.2) is 53.5 Å². The average molecular weight is 449 g/mol. The number of guanidine groups is 1. The number of piperidine rings is 1. The van der Waals surface area contributed by atoms with Crippen molar-refractivity contribution in [3.05, 3.63) is 70.8 Å². The number of aliphatic imine (C=N–C) groups is 1. The monoisotopic (exact) mass is 448 g/mol. The minimum Gasteiger partial charge on any atom is -0.370 e. The van der Waals surface area contributed by atoms with E-state index >= 15 is 0 Å². The number of morpholine rings is 1. The van der Waals surface area contributed by atoms with E-state index in [0.29, 0.717) is 13.2 Å². The van der Waals surface area contributed by atoms with Crippen molar-refractivity contribution in [2.45, 2.75) is 45.8 Å². The lowest BCUT2D eigenvalue weighted by Gasteiger charge is -2.35. The lowest BCUT2D eigenvalue weighted by atomic mass is 10.0. The maximum absolute atomic E-state index is 12.9. The van der Waals surface area contributed by atoms with Crippen molar-refractivity contribution in [1.29, 1.82) is 0 Å². The number of nitrogens with zero attached hydrogens (tertiary/aromatic N) is 3. The van der Waals surface area contributed by atoms with Crippen LogP contribution in [-0.4, -0.2) is 61.0 Å². The minimum absolute atomic E-state index is 0.0364. The van der Waals surface area contributed by atoms with Gasteiger partial charge in [-0.15, -0.1) is 0 Å². The second kappa shape index (κ2) is 11.3. The fraction of sp³-hybridized carbons (Fsp3) is 0.481. The van der Waals surface area contributed by atoms with Gasteiger partial charge in [0.1, 0.15) is 6.10 Å². The van der Waals surface area contributed by atoms with Crippen LogP contribution in [0.2, 0.25) is 0 Å². The number of likely N-dealkylation sites (tertiary alicyclic amines) is 1. The van der Waals surface area contributed by atoms with Gasteiger partial charge in [-0.25, -0.2) is 4.99 Å². The smallest absolute Gasteiger partial charge is 0.253 e. The summed E-state index contributed by atoms with van der Waals surface area (Å²) in [4.78, 5) is 22.1. The Kier molecular flexibility index (Phi) is 8.00. The molecule has 0 radical (unpaired) electrons. The van der Waals surface area contributed by atoms with Crippen molar-refractivity contribution >= 4 is 11.9 Å². The van der Waals surface area contributed by atoms with Crippen molar-refractivity contribution in [3.8, 4) is 0 Å². The molecular formula is C27H36N4O2. The van der Waals surface area contributed by atoms with Gasteiger partial charge in [0, 0.05) is 31.7 Å². The molecular weight excluding hydrogens is 412 g/mol. The number of aryl methyl sites for hydroxylation is 1. The molecule has 1 unspecified atom stereocenters. The third-order valence-electron chi connectivity index (χ3n) is 6.46. The first-order valence-electron chi connectivity index (χ1n) is 12.2. The summed E-state index contributed by atoms with van der Waals surface area (Å²) in [5.41, 5.74) is 4.31. The third-order valence-corrected chi connectivity index (χ3v) is 6.46. The summed E-state index contributed by atoms with van der Waals surface area (Å²) in [5.74, 6) is 1.04. The molecule has 2 aromatic rings. The summed E-state index contributed by atoms with van der Waals surface area (Å²) >= 11 is 0. The zero-order chi connectivity index (χ0) is 23.0. The molecule has 0 spiro atoms. The van der Waals surface area contributed by atoms with Crippen LogP contribution >= 0.6 is 0 Å². The second-order valence-electron chi connectivity index (χ2n) is 8.89. The molecule has 2 aliphatic heterocycles. The Bertz CT molecular complexity index is 968. The number of hydrogen-bond acceptors (Lipinski definition) is 3. The van der Waals surface area contributed by atoms with Crippen LogP contribution in [-0.2, 0) is 11.3 Å². The molecule has 6 heteroatoms. The Balaban J connectivity index is 1.46. The number of nitrogens with one attached hydrogen (secondary N) is 1. The van der Waals surface area contributed by atoms with Crippen molar-refractivity contribution in [3.63, 3.8) is 0 Å². The molecule has 0 aromatic heterocycles. The van der Waals surface area contributed by atoms with Crippen molar-refractivity contribution in [1.82, 2.24) is 15.1 Å². The number of benzene rings is 2. The van der Waals surface area contributed by atoms with E-state index in [2.05, 4.69) is 54.4 Å². The SMILES string of the molecule is CCNC(=NCc1cccc(C(=O)N2CCCCC2)c1)N1CCOC(c2ccccc2C)C1. The van der Waals surface area contributed by atoms with Crippen molar-refractivity contribution in [2.24, 2.45) is 4.99 Å². The first kappa shape index (κ1) is 23.3. The molecule has 0 bridgehead atoms. The molecule has 1 amide bonds. The van der Waals surface area contributed by atoms with Crippen LogP contribution in [0.25, 0.3) is 0 Å². The Morgan fingerprint density at radius 2 is 1.88 bits per heavy atom. The Morgan fingerprint density at radius 1 is 1.06 bits per heavy atom. The number of rotatable bonds is 5. The molecule has 2 saturated heterocycles. The number of hydrogen-bond donors (Lipinski definition) is 1. The van der Waals surface area contributed by atoms with Crippen LogP contribution in [0.1, 0.15) is 59.3 Å². The molecule has 1 atom stereocenters. The van der Waals surface area contributed by atoms with Crippen LogP contribution in [0, 0.1) is 6.92 Å². The molecule has 0 saturated carbocycles. The molecule has 2 aromatic carbocycles. The van der Waals surface area contributed by atoms with E-state index < -0.39 is 0 Å². The van der Waals surface area contributed by atoms with E-state index in [-0.39, 0.29) is 12.0 Å². The van der Waals surface area contributed by atoms with E-state index in [4.69, 9.17) is 9.73 Å². The molecule has 33 heavy (non-hydrogen) atoms. The quantitative estimate of drug-likeness (QED) is 0.551. The summed E-state index contributed by atoms with van der Waals surface area (Å²) in [6, 6.07) is 16.4. The molecule has 4 rings (SSSR count). The number of carbonyl (C=O) groups excluding carboxylic acids is 1. The van der Waals surface area contributed by atoms with Crippen LogP contribution < -0.4 is 5.32 Å². The van der Waals surface area contributed by atoms with Gasteiger partial charge < -0.3 is 19.9 Å². The van der Waals surface area contributed by atoms with Gasteiger partial charge in [-0.1, -0.05) is 36.4 Å². The Labute approximate surface area is 197 Å². The summed E-state index contributed by atoms with van der Waals surface area (Å²) in [7, 11) is 0. The summed E-state index contributed by atoms with van der Waals surface area (Å²) in [6.45, 7) is 9.54. The fourth-order valence-corrected chi connectivity index (χ4v) is 4.65. The number of carbonyl (C=O) groups is 1. The first-order chi connectivity index (χ1) is 16.2. The summed E-state index contributed by atoms with van der Waals surface area (Å²) < 4.78 is 6.10. The lowest BCUT2D eigenvalue weighted by molar-refractivity contribution is -0.00834. The van der Waals surface area contributed by atoms with Gasteiger partial charge in [0.15, 0.2) is 5.96 Å². The third kappa shape index (κ3) is 5.93. The largest absolute Gasteiger partial charge is 0.370 e. The highest BCUT2D eigenvalue weighted by molar-refractivity contribution is 5.94. The zero-order valence-corrected chi connectivity index (χ0v) is 19.9. The van der Waals surface area contributed by atoms with E-state index in [1.54, 1.807) is 0 Å². The average Bonchev–Trinajstić information content (AvgIpc) is 2.87. The maximum atomic E-state index is 12.9. The first-order valence-corrected chi connectivity index (χ1v) is 12.2. The lowest BCUT2D eigenvalue weighted by Crippen LogP contribution is -2.48. The minimum atomic E-state index is 0.0364. The molecule has 2 heterocycles. The fourth-order valence-electron chi connectivity index (χ4n) is 4.65. The van der Waals surface area contributed by atoms with Gasteiger partial charge in [0.2, 0.25) is 0 Å². The molecule has 2 aliphatic rings. The van der Waals surface area contributed by atoms with Gasteiger partial charge in [0.25, 0.3) is 5.91 Å². The van der Waals surface area contributed by atoms with E-state index in [1.165, 1.54) is 17.5 Å². The van der Waals surface area contributed by atoms with E-state index in [1.807, 2.05) is 23.1 Å². The van der Waals surface area contributed by atoms with Crippen molar-refractivity contribution < 1.29 is 9.53 Å². The van der Waals surface area contributed by atoms with Crippen LogP contribution in [0.4, 0.5) is 0 Å². The van der Waals surface area contributed by atoms with Crippen LogP contribution in [0.3, 0.4) is 0 Å². The topological polar surface area (TPSA) is 57.2 Å². The Hall–Kier alpha value is -2.86. The van der Waals surface area contributed by atoms with Crippen LogP contribution in [0.5, 0.6) is 0 Å². The zero-order valence-electron chi connectivity index (χ0n) is 19.9. The molecule has 176 valence electrons. The number of ether oxygens (including phenoxy) is 1. The molecule has 6 nitrogen and oxygen atoms in total.